The number of hydrogen-bond acceptors (Lipinski definition) is 3. The van der Waals surface area contributed by atoms with Crippen molar-refractivity contribution in [1.29, 1.82) is 0 Å². The van der Waals surface area contributed by atoms with E-state index < -0.39 is 0 Å². The van der Waals surface area contributed by atoms with Crippen molar-refractivity contribution in [3.05, 3.63) is 65.0 Å². The Hall–Kier alpha value is -2.89. The van der Waals surface area contributed by atoms with Crippen molar-refractivity contribution in [3.8, 4) is 0 Å². The van der Waals surface area contributed by atoms with Gasteiger partial charge in [-0.2, -0.15) is 0 Å². The molecular formula is C22H28N4O2. The summed E-state index contributed by atoms with van der Waals surface area (Å²) < 4.78 is 0. The lowest BCUT2D eigenvalue weighted by Gasteiger charge is -2.33. The van der Waals surface area contributed by atoms with Gasteiger partial charge in [-0.25, -0.2) is 4.79 Å². The highest BCUT2D eigenvalue weighted by Crippen LogP contribution is 2.24. The molecule has 0 bridgehead atoms. The molecule has 1 fully saturated rings. The highest BCUT2D eigenvalue weighted by Gasteiger charge is 2.26. The van der Waals surface area contributed by atoms with Gasteiger partial charge < -0.3 is 15.5 Å². The SMILES string of the molecule is CC(=O)NC1CCN(C(=O)NC(c2cccnc2)c2ccc(C)c(C)c2)CC1. The van der Waals surface area contributed by atoms with Crippen LogP contribution in [0.25, 0.3) is 0 Å². The van der Waals surface area contributed by atoms with Gasteiger partial charge in [0.1, 0.15) is 0 Å². The molecule has 3 rings (SSSR count). The summed E-state index contributed by atoms with van der Waals surface area (Å²) >= 11 is 0. The van der Waals surface area contributed by atoms with E-state index in [2.05, 4.69) is 47.7 Å². The van der Waals surface area contributed by atoms with Gasteiger partial charge in [0.15, 0.2) is 0 Å². The van der Waals surface area contributed by atoms with Crippen molar-refractivity contribution >= 4 is 11.9 Å². The minimum Gasteiger partial charge on any atom is -0.353 e. The molecule has 0 saturated carbocycles. The lowest BCUT2D eigenvalue weighted by Crippen LogP contribution is -2.49. The maximum absolute atomic E-state index is 12.9. The lowest BCUT2D eigenvalue weighted by atomic mass is 9.96. The monoisotopic (exact) mass is 380 g/mol. The summed E-state index contributed by atoms with van der Waals surface area (Å²) in [6.07, 6.45) is 5.07. The van der Waals surface area contributed by atoms with Crippen LogP contribution >= 0.6 is 0 Å². The zero-order chi connectivity index (χ0) is 20.1. The maximum Gasteiger partial charge on any atom is 0.318 e. The van der Waals surface area contributed by atoms with Crippen LogP contribution in [0.2, 0.25) is 0 Å². The van der Waals surface area contributed by atoms with Crippen LogP contribution in [0, 0.1) is 13.8 Å². The molecule has 0 spiro atoms. The number of carbonyl (C=O) groups excluding carboxylic acids is 2. The standard InChI is InChI=1S/C22H28N4O2/c1-15-6-7-18(13-16(15)2)21(19-5-4-10-23-14-19)25-22(28)26-11-8-20(9-12-26)24-17(3)27/h4-7,10,13-14,20-21H,8-9,11-12H2,1-3H3,(H,24,27)(H,25,28). The summed E-state index contributed by atoms with van der Waals surface area (Å²) in [5.74, 6) is -0.0192. The Morgan fingerprint density at radius 3 is 2.46 bits per heavy atom. The van der Waals surface area contributed by atoms with Gasteiger partial charge >= 0.3 is 6.03 Å². The van der Waals surface area contributed by atoms with E-state index in [-0.39, 0.29) is 24.0 Å². The van der Waals surface area contributed by atoms with Crippen molar-refractivity contribution < 1.29 is 9.59 Å². The van der Waals surface area contributed by atoms with Crippen molar-refractivity contribution in [3.63, 3.8) is 0 Å². The molecule has 3 amide bonds. The van der Waals surface area contributed by atoms with Gasteiger partial charge in [-0.3, -0.25) is 9.78 Å². The summed E-state index contributed by atoms with van der Waals surface area (Å²) in [6.45, 7) is 6.94. The third kappa shape index (κ3) is 4.88. The summed E-state index contributed by atoms with van der Waals surface area (Å²) in [5.41, 5.74) is 4.40. The lowest BCUT2D eigenvalue weighted by molar-refractivity contribution is -0.119. The number of likely N-dealkylation sites (tertiary alicyclic amines) is 1. The zero-order valence-electron chi connectivity index (χ0n) is 16.7. The van der Waals surface area contributed by atoms with Crippen LogP contribution in [0.5, 0.6) is 0 Å². The Morgan fingerprint density at radius 2 is 1.86 bits per heavy atom. The van der Waals surface area contributed by atoms with E-state index in [9.17, 15) is 9.59 Å². The Labute approximate surface area is 166 Å². The van der Waals surface area contributed by atoms with Crippen molar-refractivity contribution in [2.45, 2.75) is 45.7 Å². The molecule has 1 saturated heterocycles. The first-order chi connectivity index (χ1) is 13.4. The number of aromatic nitrogens is 1. The maximum atomic E-state index is 12.9. The summed E-state index contributed by atoms with van der Waals surface area (Å²) in [7, 11) is 0. The van der Waals surface area contributed by atoms with E-state index in [4.69, 9.17) is 0 Å². The molecule has 2 aromatic rings. The number of benzene rings is 1. The number of rotatable bonds is 4. The summed E-state index contributed by atoms with van der Waals surface area (Å²) in [5, 5.41) is 6.12. The predicted octanol–water partition coefficient (Wildman–Crippen LogP) is 3.10. The first-order valence-electron chi connectivity index (χ1n) is 9.73. The van der Waals surface area contributed by atoms with E-state index in [1.54, 1.807) is 12.4 Å². The molecule has 1 atom stereocenters. The van der Waals surface area contributed by atoms with Crippen molar-refractivity contribution in [1.82, 2.24) is 20.5 Å². The smallest absolute Gasteiger partial charge is 0.318 e. The minimum atomic E-state index is -0.256. The van der Waals surface area contributed by atoms with Crippen molar-refractivity contribution in [2.75, 3.05) is 13.1 Å². The highest BCUT2D eigenvalue weighted by molar-refractivity contribution is 5.76. The molecule has 0 aliphatic carbocycles. The minimum absolute atomic E-state index is 0.0192. The second kappa shape index (κ2) is 8.87. The van der Waals surface area contributed by atoms with E-state index in [1.165, 1.54) is 18.1 Å². The molecule has 0 radical (unpaired) electrons. The molecule has 148 valence electrons. The first-order valence-corrected chi connectivity index (χ1v) is 9.73. The van der Waals surface area contributed by atoms with Crippen LogP contribution in [-0.2, 0) is 4.79 Å². The molecule has 28 heavy (non-hydrogen) atoms. The number of carbonyl (C=O) groups is 2. The summed E-state index contributed by atoms with van der Waals surface area (Å²) in [6, 6.07) is 9.93. The number of urea groups is 1. The molecule has 1 aliphatic rings. The number of hydrogen-bond donors (Lipinski definition) is 2. The van der Waals surface area contributed by atoms with Crippen LogP contribution in [-0.4, -0.2) is 41.0 Å². The molecule has 1 unspecified atom stereocenters. The van der Waals surface area contributed by atoms with Crippen LogP contribution in [0.15, 0.2) is 42.7 Å². The Balaban J connectivity index is 1.74. The largest absolute Gasteiger partial charge is 0.353 e. The van der Waals surface area contributed by atoms with Crippen LogP contribution in [0.4, 0.5) is 4.79 Å². The first kappa shape index (κ1) is 19.9. The van der Waals surface area contributed by atoms with Crippen LogP contribution < -0.4 is 10.6 Å². The van der Waals surface area contributed by atoms with Gasteiger partial charge in [0.2, 0.25) is 5.91 Å². The second-order valence-corrected chi connectivity index (χ2v) is 7.47. The van der Waals surface area contributed by atoms with E-state index in [1.807, 2.05) is 17.0 Å². The fourth-order valence-corrected chi connectivity index (χ4v) is 3.58. The number of nitrogens with zero attached hydrogens (tertiary/aromatic N) is 2. The van der Waals surface area contributed by atoms with Crippen LogP contribution in [0.1, 0.15) is 48.1 Å². The second-order valence-electron chi connectivity index (χ2n) is 7.47. The molecule has 2 heterocycles. The molecule has 1 aliphatic heterocycles. The Morgan fingerprint density at radius 1 is 1.11 bits per heavy atom. The molecule has 1 aromatic heterocycles. The van der Waals surface area contributed by atoms with Gasteiger partial charge in [-0.05, 0) is 55.0 Å². The zero-order valence-corrected chi connectivity index (χ0v) is 16.7. The fourth-order valence-electron chi connectivity index (χ4n) is 3.58. The van der Waals surface area contributed by atoms with Gasteiger partial charge in [-0.1, -0.05) is 24.3 Å². The topological polar surface area (TPSA) is 74.3 Å². The average Bonchev–Trinajstić information content (AvgIpc) is 2.69. The molecule has 1 aromatic carbocycles. The molecule has 6 heteroatoms. The van der Waals surface area contributed by atoms with E-state index in [0.29, 0.717) is 13.1 Å². The Bertz CT molecular complexity index is 830. The van der Waals surface area contributed by atoms with Gasteiger partial charge in [-0.15, -0.1) is 0 Å². The third-order valence-corrected chi connectivity index (χ3v) is 5.34. The third-order valence-electron chi connectivity index (χ3n) is 5.34. The number of nitrogens with one attached hydrogen (secondary N) is 2. The Kier molecular flexibility index (Phi) is 6.29. The van der Waals surface area contributed by atoms with E-state index >= 15 is 0 Å². The highest BCUT2D eigenvalue weighted by atomic mass is 16.2. The number of aryl methyl sites for hydroxylation is 2. The molecule has 2 N–H and O–H groups in total. The molecular weight excluding hydrogens is 352 g/mol. The van der Waals surface area contributed by atoms with Gasteiger partial charge in [0.25, 0.3) is 0 Å². The average molecular weight is 380 g/mol. The number of piperidine rings is 1. The molecule has 6 nitrogen and oxygen atoms in total. The van der Waals surface area contributed by atoms with Crippen LogP contribution in [0.3, 0.4) is 0 Å². The van der Waals surface area contributed by atoms with Gasteiger partial charge in [0.05, 0.1) is 6.04 Å². The van der Waals surface area contributed by atoms with Gasteiger partial charge in [0, 0.05) is 38.4 Å². The normalized spacial score (nSPS) is 15.8. The van der Waals surface area contributed by atoms with Crippen molar-refractivity contribution in [2.24, 2.45) is 0 Å². The summed E-state index contributed by atoms with van der Waals surface area (Å²) in [4.78, 5) is 30.2. The van der Waals surface area contributed by atoms with E-state index in [0.717, 1.165) is 24.0 Å². The number of pyridine rings is 1. The fraction of sp³-hybridized carbons (Fsp3) is 0.409. The quantitative estimate of drug-likeness (QED) is 0.856. The predicted molar refractivity (Wildman–Crippen MR) is 109 cm³/mol. The number of amides is 3.